The first kappa shape index (κ1) is 32.0. The molecule has 2 aromatic rings. The number of aromatic nitrogens is 2. The van der Waals surface area contributed by atoms with Crippen LogP contribution in [0, 0.1) is 0 Å². The molecule has 8 N–H and O–H groups in total. The Balaban J connectivity index is 0.000000708. The number of primary amides is 1. The molecule has 3 rings (SSSR count). The van der Waals surface area contributed by atoms with Crippen molar-refractivity contribution in [3.63, 3.8) is 0 Å². The number of benzene rings is 1. The normalized spacial score (nSPS) is 21.1. The van der Waals surface area contributed by atoms with E-state index >= 15 is 0 Å². The number of imidazole rings is 1. The minimum absolute atomic E-state index is 0.00235. The molecule has 40 heavy (non-hydrogen) atoms. The number of esters is 2. The molecule has 1 aliphatic heterocycles. The highest BCUT2D eigenvalue weighted by molar-refractivity contribution is 5.93. The van der Waals surface area contributed by atoms with E-state index in [-0.39, 0.29) is 6.61 Å². The molecule has 0 aliphatic carbocycles. The van der Waals surface area contributed by atoms with Gasteiger partial charge < -0.3 is 46.1 Å². The molecule has 1 fully saturated rings. The van der Waals surface area contributed by atoms with E-state index in [4.69, 9.17) is 35.6 Å². The smallest absolute Gasteiger partial charge is 0.490 e. The summed E-state index contributed by atoms with van der Waals surface area (Å²) in [6, 6.07) is 7.65. The number of carboxylic acids is 1. The summed E-state index contributed by atoms with van der Waals surface area (Å²) < 4.78 is 48.2. The van der Waals surface area contributed by atoms with Gasteiger partial charge in [0.05, 0.1) is 6.42 Å². The zero-order valence-corrected chi connectivity index (χ0v) is 20.3. The average Bonchev–Trinajstić information content (AvgIpc) is 3.40. The van der Waals surface area contributed by atoms with E-state index in [0.29, 0.717) is 0 Å². The van der Waals surface area contributed by atoms with Gasteiger partial charge in [-0.25, -0.2) is 9.78 Å². The van der Waals surface area contributed by atoms with Crippen molar-refractivity contribution in [2.75, 3.05) is 6.61 Å². The maximum Gasteiger partial charge on any atom is 0.490 e. The van der Waals surface area contributed by atoms with Crippen molar-refractivity contribution in [2.45, 2.75) is 49.8 Å². The van der Waals surface area contributed by atoms with Crippen molar-refractivity contribution < 1.29 is 67.0 Å². The molecular weight excluding hydrogens is 553 g/mol. The maximum atomic E-state index is 12.0. The van der Waals surface area contributed by atoms with Gasteiger partial charge in [-0.05, 0) is 5.56 Å². The average molecular weight is 578 g/mol. The number of carbonyl (C=O) groups is 4. The van der Waals surface area contributed by atoms with Gasteiger partial charge in [-0.1, -0.05) is 30.3 Å². The van der Waals surface area contributed by atoms with E-state index in [1.54, 1.807) is 24.3 Å². The molecule has 0 bridgehead atoms. The maximum absolute atomic E-state index is 12.0. The number of nitrogens with two attached hydrogens (primary N) is 2. The summed E-state index contributed by atoms with van der Waals surface area (Å²) in [5, 5.41) is 37.5. The van der Waals surface area contributed by atoms with Crippen molar-refractivity contribution in [3.05, 3.63) is 47.9 Å². The second-order valence-corrected chi connectivity index (χ2v) is 8.12. The molecule has 5 atom stereocenters. The van der Waals surface area contributed by atoms with Gasteiger partial charge in [0.15, 0.2) is 11.9 Å². The number of carboxylic acid groups (broad SMARTS) is 1. The SMILES string of the molecule is NC(=O)c1ncn(C2OC(COC(=O)C[C@H](N)C(=O)OCc3ccccc3)C(O)C2O)c1O.O=C(O)C(F)(F)F. The van der Waals surface area contributed by atoms with Crippen molar-refractivity contribution in [1.82, 2.24) is 9.55 Å². The van der Waals surface area contributed by atoms with Gasteiger partial charge in [0, 0.05) is 0 Å². The number of aliphatic hydroxyl groups excluding tert-OH is 2. The predicted octanol–water partition coefficient (Wildman–Crippen LogP) is -1.06. The Morgan fingerprint density at radius 3 is 2.23 bits per heavy atom. The fourth-order valence-corrected chi connectivity index (χ4v) is 3.14. The third kappa shape index (κ3) is 8.63. The van der Waals surface area contributed by atoms with Crippen LogP contribution in [0.15, 0.2) is 36.7 Å². The molecule has 0 saturated carbocycles. The quantitative estimate of drug-likeness (QED) is 0.195. The number of carbonyl (C=O) groups excluding carboxylic acids is 3. The first-order chi connectivity index (χ1) is 18.6. The molecule has 220 valence electrons. The van der Waals surface area contributed by atoms with Gasteiger partial charge in [-0.2, -0.15) is 13.2 Å². The minimum Gasteiger partial charge on any atom is -0.493 e. The number of alkyl halides is 3. The van der Waals surface area contributed by atoms with E-state index in [1.807, 2.05) is 6.07 Å². The zero-order valence-electron chi connectivity index (χ0n) is 20.3. The number of rotatable bonds is 9. The number of aromatic hydroxyl groups is 1. The first-order valence-electron chi connectivity index (χ1n) is 11.1. The van der Waals surface area contributed by atoms with Crippen LogP contribution in [0.25, 0.3) is 0 Å². The van der Waals surface area contributed by atoms with Crippen molar-refractivity contribution >= 4 is 23.8 Å². The van der Waals surface area contributed by atoms with Gasteiger partial charge in [0.25, 0.3) is 5.91 Å². The van der Waals surface area contributed by atoms with Crippen LogP contribution in [0.5, 0.6) is 5.88 Å². The third-order valence-corrected chi connectivity index (χ3v) is 5.18. The third-order valence-electron chi connectivity index (χ3n) is 5.18. The standard InChI is InChI=1S/C20H24N4O9.C2HF3O2/c21-11(20(30)32-7-10-4-2-1-3-5-10)6-13(25)31-8-12-15(26)16(27)19(33-12)24-9-23-14(17(22)28)18(24)29;3-2(4,5)1(6)7/h1-5,9,11-12,15-16,19,26-27,29H,6-8,21H2,(H2,22,28);(H,6,7)/t11-,12?,15?,16?,19?;/m0./s1. The molecule has 0 spiro atoms. The highest BCUT2D eigenvalue weighted by Crippen LogP contribution is 2.33. The Hall–Kier alpha value is -4.26. The minimum atomic E-state index is -5.08. The molecule has 0 radical (unpaired) electrons. The van der Waals surface area contributed by atoms with E-state index in [0.717, 1.165) is 16.5 Å². The van der Waals surface area contributed by atoms with Crippen molar-refractivity contribution in [2.24, 2.45) is 11.5 Å². The second kappa shape index (κ2) is 13.7. The number of aliphatic carboxylic acids is 1. The molecule has 15 nitrogen and oxygen atoms in total. The fourth-order valence-electron chi connectivity index (χ4n) is 3.14. The Bertz CT molecular complexity index is 1190. The van der Waals surface area contributed by atoms with Crippen LogP contribution >= 0.6 is 0 Å². The first-order valence-corrected chi connectivity index (χ1v) is 11.1. The topological polar surface area (TPSA) is 247 Å². The summed E-state index contributed by atoms with van der Waals surface area (Å²) in [5.74, 6) is -6.05. The number of hydrogen-bond acceptors (Lipinski definition) is 12. The van der Waals surface area contributed by atoms with Gasteiger partial charge in [0.1, 0.15) is 43.9 Å². The summed E-state index contributed by atoms with van der Waals surface area (Å²) in [7, 11) is 0. The van der Waals surface area contributed by atoms with Gasteiger partial charge in [-0.3, -0.25) is 19.0 Å². The van der Waals surface area contributed by atoms with Crippen LogP contribution in [0.3, 0.4) is 0 Å². The molecule has 1 aromatic carbocycles. The van der Waals surface area contributed by atoms with Gasteiger partial charge >= 0.3 is 24.1 Å². The van der Waals surface area contributed by atoms with E-state index in [2.05, 4.69) is 4.98 Å². The molecule has 4 unspecified atom stereocenters. The lowest BCUT2D eigenvalue weighted by Crippen LogP contribution is -2.37. The number of aliphatic hydroxyl groups is 2. The summed E-state index contributed by atoms with van der Waals surface area (Å²) in [6.07, 6.45) is -10.1. The number of nitrogens with zero attached hydrogens (tertiary/aromatic N) is 2. The monoisotopic (exact) mass is 578 g/mol. The number of halogens is 3. The number of ether oxygens (including phenoxy) is 3. The fraction of sp³-hybridized carbons (Fsp3) is 0.409. The predicted molar refractivity (Wildman–Crippen MR) is 122 cm³/mol. The Labute approximate surface area is 222 Å². The van der Waals surface area contributed by atoms with Crippen LogP contribution in [0.2, 0.25) is 0 Å². The molecule has 1 saturated heterocycles. The highest BCUT2D eigenvalue weighted by atomic mass is 19.4. The Morgan fingerprint density at radius 1 is 1.10 bits per heavy atom. The van der Waals surface area contributed by atoms with Gasteiger partial charge in [-0.15, -0.1) is 0 Å². The number of amides is 1. The zero-order chi connectivity index (χ0) is 30.2. The highest BCUT2D eigenvalue weighted by Gasteiger charge is 2.45. The lowest BCUT2D eigenvalue weighted by molar-refractivity contribution is -0.192. The Kier molecular flexibility index (Phi) is 10.9. The van der Waals surface area contributed by atoms with Crippen LogP contribution in [-0.4, -0.2) is 90.9 Å². The summed E-state index contributed by atoms with van der Waals surface area (Å²) in [6.45, 7) is -0.472. The molecular formula is C22H25F3N4O11. The van der Waals surface area contributed by atoms with E-state index in [9.17, 15) is 42.9 Å². The van der Waals surface area contributed by atoms with E-state index in [1.165, 1.54) is 0 Å². The summed E-state index contributed by atoms with van der Waals surface area (Å²) >= 11 is 0. The molecule has 2 heterocycles. The lowest BCUT2D eigenvalue weighted by atomic mass is 10.1. The van der Waals surface area contributed by atoms with Crippen molar-refractivity contribution in [3.8, 4) is 5.88 Å². The van der Waals surface area contributed by atoms with Crippen LogP contribution < -0.4 is 11.5 Å². The molecule has 1 aromatic heterocycles. The summed E-state index contributed by atoms with van der Waals surface area (Å²) in [5.41, 5.74) is 11.1. The van der Waals surface area contributed by atoms with Crippen molar-refractivity contribution in [1.29, 1.82) is 0 Å². The lowest BCUT2D eigenvalue weighted by Gasteiger charge is -2.17. The van der Waals surface area contributed by atoms with Crippen LogP contribution in [-0.2, 0) is 35.2 Å². The largest absolute Gasteiger partial charge is 0.493 e. The second-order valence-electron chi connectivity index (χ2n) is 8.12. The van der Waals surface area contributed by atoms with Crippen LogP contribution in [0.1, 0.15) is 28.7 Å². The number of hydrogen-bond donors (Lipinski definition) is 6. The molecule has 18 heteroatoms. The molecule has 1 aliphatic rings. The van der Waals surface area contributed by atoms with E-state index < -0.39 is 85.2 Å². The summed E-state index contributed by atoms with van der Waals surface area (Å²) in [4.78, 5) is 47.8. The van der Waals surface area contributed by atoms with Crippen LogP contribution in [0.4, 0.5) is 13.2 Å². The Morgan fingerprint density at radius 2 is 1.70 bits per heavy atom. The van der Waals surface area contributed by atoms with Gasteiger partial charge in [0.2, 0.25) is 5.88 Å². The molecule has 1 amide bonds.